The SMILES string of the molecule is O=C(c1ccnc(NCCc2ccc(F)cc2)n1)N1CCCC1. The number of amides is 1. The van der Waals surface area contributed by atoms with Gasteiger partial charge in [0.2, 0.25) is 5.95 Å². The van der Waals surface area contributed by atoms with E-state index >= 15 is 0 Å². The van der Waals surface area contributed by atoms with Gasteiger partial charge in [0, 0.05) is 25.8 Å². The molecule has 1 aromatic heterocycles. The fourth-order valence-corrected chi connectivity index (χ4v) is 2.61. The maximum atomic E-state index is 12.9. The second-order valence-corrected chi connectivity index (χ2v) is 5.57. The quantitative estimate of drug-likeness (QED) is 0.921. The molecule has 0 bridgehead atoms. The van der Waals surface area contributed by atoms with E-state index in [1.807, 2.05) is 4.90 Å². The smallest absolute Gasteiger partial charge is 0.272 e. The summed E-state index contributed by atoms with van der Waals surface area (Å²) in [5.41, 5.74) is 1.45. The minimum Gasteiger partial charge on any atom is -0.354 e. The van der Waals surface area contributed by atoms with Gasteiger partial charge in [0.1, 0.15) is 11.5 Å². The molecule has 6 heteroatoms. The average molecular weight is 314 g/mol. The number of carbonyl (C=O) groups excluding carboxylic acids is 1. The standard InChI is InChI=1S/C17H19FN4O/c18-14-5-3-13(4-6-14)7-9-19-17-20-10-8-15(21-17)16(23)22-11-1-2-12-22/h3-6,8,10H,1-2,7,9,11-12H2,(H,19,20,21). The van der Waals surface area contributed by atoms with E-state index < -0.39 is 0 Å². The molecule has 0 spiro atoms. The second kappa shape index (κ2) is 7.17. The third-order valence-corrected chi connectivity index (χ3v) is 3.88. The zero-order valence-corrected chi connectivity index (χ0v) is 12.8. The number of anilines is 1. The van der Waals surface area contributed by atoms with Crippen LogP contribution in [0.3, 0.4) is 0 Å². The van der Waals surface area contributed by atoms with Crippen LogP contribution in [-0.4, -0.2) is 40.4 Å². The molecular formula is C17H19FN4O. The van der Waals surface area contributed by atoms with Crippen LogP contribution in [0.2, 0.25) is 0 Å². The Morgan fingerprint density at radius 3 is 2.65 bits per heavy atom. The highest BCUT2D eigenvalue weighted by molar-refractivity contribution is 5.92. The average Bonchev–Trinajstić information content (AvgIpc) is 3.11. The molecule has 1 aliphatic rings. The Balaban J connectivity index is 1.56. The van der Waals surface area contributed by atoms with Crippen molar-refractivity contribution in [3.8, 4) is 0 Å². The van der Waals surface area contributed by atoms with Crippen molar-refractivity contribution in [1.29, 1.82) is 0 Å². The molecule has 23 heavy (non-hydrogen) atoms. The highest BCUT2D eigenvalue weighted by atomic mass is 19.1. The Morgan fingerprint density at radius 1 is 1.17 bits per heavy atom. The van der Waals surface area contributed by atoms with Gasteiger partial charge in [-0.1, -0.05) is 12.1 Å². The maximum absolute atomic E-state index is 12.9. The summed E-state index contributed by atoms with van der Waals surface area (Å²) in [6, 6.07) is 8.05. The molecule has 0 radical (unpaired) electrons. The van der Waals surface area contributed by atoms with Crippen LogP contribution in [0, 0.1) is 5.82 Å². The Kier molecular flexibility index (Phi) is 4.80. The van der Waals surface area contributed by atoms with Crippen molar-refractivity contribution in [2.24, 2.45) is 0 Å². The van der Waals surface area contributed by atoms with E-state index in [9.17, 15) is 9.18 Å². The first-order chi connectivity index (χ1) is 11.2. The monoisotopic (exact) mass is 314 g/mol. The molecular weight excluding hydrogens is 295 g/mol. The minimum absolute atomic E-state index is 0.0357. The van der Waals surface area contributed by atoms with E-state index in [-0.39, 0.29) is 11.7 Å². The minimum atomic E-state index is -0.238. The Labute approximate surface area is 134 Å². The summed E-state index contributed by atoms with van der Waals surface area (Å²) in [6.07, 6.45) is 4.43. The first-order valence-electron chi connectivity index (χ1n) is 7.83. The van der Waals surface area contributed by atoms with E-state index in [0.29, 0.717) is 18.2 Å². The van der Waals surface area contributed by atoms with Crippen LogP contribution in [0.25, 0.3) is 0 Å². The molecule has 5 nitrogen and oxygen atoms in total. The molecule has 0 aliphatic carbocycles. The lowest BCUT2D eigenvalue weighted by Crippen LogP contribution is -2.28. The number of nitrogens with one attached hydrogen (secondary N) is 1. The molecule has 2 heterocycles. The van der Waals surface area contributed by atoms with Crippen LogP contribution in [0.15, 0.2) is 36.5 Å². The van der Waals surface area contributed by atoms with Gasteiger partial charge >= 0.3 is 0 Å². The molecule has 0 atom stereocenters. The van der Waals surface area contributed by atoms with E-state index in [2.05, 4.69) is 15.3 Å². The van der Waals surface area contributed by atoms with Crippen LogP contribution in [0.4, 0.5) is 10.3 Å². The number of likely N-dealkylation sites (tertiary alicyclic amines) is 1. The highest BCUT2D eigenvalue weighted by Gasteiger charge is 2.20. The van der Waals surface area contributed by atoms with Crippen LogP contribution in [0.1, 0.15) is 28.9 Å². The number of hydrogen-bond acceptors (Lipinski definition) is 4. The van der Waals surface area contributed by atoms with E-state index in [1.54, 1.807) is 24.4 Å². The molecule has 2 aromatic rings. The number of halogens is 1. The molecule has 0 saturated carbocycles. The first kappa shape index (κ1) is 15.4. The van der Waals surface area contributed by atoms with Gasteiger partial charge in [-0.2, -0.15) is 0 Å². The Bertz CT molecular complexity index is 669. The number of nitrogens with zero attached hydrogens (tertiary/aromatic N) is 3. The number of rotatable bonds is 5. The Hall–Kier alpha value is -2.50. The largest absolute Gasteiger partial charge is 0.354 e. The third kappa shape index (κ3) is 4.03. The van der Waals surface area contributed by atoms with Gasteiger partial charge in [0.05, 0.1) is 0 Å². The van der Waals surface area contributed by atoms with Gasteiger partial charge in [0.25, 0.3) is 5.91 Å². The van der Waals surface area contributed by atoms with Crippen molar-refractivity contribution < 1.29 is 9.18 Å². The summed E-state index contributed by atoms with van der Waals surface area (Å²) in [5.74, 6) is 0.168. The summed E-state index contributed by atoms with van der Waals surface area (Å²) >= 11 is 0. The number of benzene rings is 1. The van der Waals surface area contributed by atoms with Gasteiger partial charge in [-0.05, 0) is 43.0 Å². The summed E-state index contributed by atoms with van der Waals surface area (Å²) in [4.78, 5) is 22.6. The third-order valence-electron chi connectivity index (χ3n) is 3.88. The maximum Gasteiger partial charge on any atom is 0.272 e. The van der Waals surface area contributed by atoms with Crippen LogP contribution in [0.5, 0.6) is 0 Å². The fourth-order valence-electron chi connectivity index (χ4n) is 2.61. The molecule has 1 fully saturated rings. The fraction of sp³-hybridized carbons (Fsp3) is 0.353. The van der Waals surface area contributed by atoms with Gasteiger partial charge in [-0.15, -0.1) is 0 Å². The zero-order chi connectivity index (χ0) is 16.1. The van der Waals surface area contributed by atoms with Gasteiger partial charge in [0.15, 0.2) is 0 Å². The molecule has 1 aliphatic heterocycles. The molecule has 120 valence electrons. The predicted octanol–water partition coefficient (Wildman–Crippen LogP) is 2.51. The van der Waals surface area contributed by atoms with Crippen LogP contribution >= 0.6 is 0 Å². The highest BCUT2D eigenvalue weighted by Crippen LogP contribution is 2.12. The van der Waals surface area contributed by atoms with E-state index in [4.69, 9.17) is 0 Å². The lowest BCUT2D eigenvalue weighted by atomic mass is 10.1. The van der Waals surface area contributed by atoms with Crippen LogP contribution in [-0.2, 0) is 6.42 Å². The van der Waals surface area contributed by atoms with Crippen molar-refractivity contribution in [3.63, 3.8) is 0 Å². The topological polar surface area (TPSA) is 58.1 Å². The van der Waals surface area contributed by atoms with Crippen LogP contribution < -0.4 is 5.32 Å². The summed E-state index contributed by atoms with van der Waals surface area (Å²) in [6.45, 7) is 2.22. The number of hydrogen-bond donors (Lipinski definition) is 1. The number of carbonyl (C=O) groups is 1. The Morgan fingerprint density at radius 2 is 1.91 bits per heavy atom. The molecule has 1 amide bonds. The number of aromatic nitrogens is 2. The second-order valence-electron chi connectivity index (χ2n) is 5.57. The summed E-state index contributed by atoms with van der Waals surface area (Å²) < 4.78 is 12.9. The van der Waals surface area contributed by atoms with Gasteiger partial charge in [-0.25, -0.2) is 14.4 Å². The molecule has 1 aromatic carbocycles. The van der Waals surface area contributed by atoms with Crippen molar-refractivity contribution in [1.82, 2.24) is 14.9 Å². The van der Waals surface area contributed by atoms with Crippen molar-refractivity contribution in [3.05, 3.63) is 53.6 Å². The van der Waals surface area contributed by atoms with Crippen molar-refractivity contribution >= 4 is 11.9 Å². The molecule has 1 N–H and O–H groups in total. The molecule has 1 saturated heterocycles. The zero-order valence-electron chi connectivity index (χ0n) is 12.8. The lowest BCUT2D eigenvalue weighted by molar-refractivity contribution is 0.0787. The normalized spacial score (nSPS) is 14.0. The van der Waals surface area contributed by atoms with Gasteiger partial charge in [-0.3, -0.25) is 4.79 Å². The first-order valence-corrected chi connectivity index (χ1v) is 7.83. The van der Waals surface area contributed by atoms with Crippen molar-refractivity contribution in [2.75, 3.05) is 25.0 Å². The summed E-state index contributed by atoms with van der Waals surface area (Å²) in [7, 11) is 0. The molecule has 0 unspecified atom stereocenters. The van der Waals surface area contributed by atoms with Gasteiger partial charge < -0.3 is 10.2 Å². The van der Waals surface area contributed by atoms with E-state index in [0.717, 1.165) is 37.9 Å². The predicted molar refractivity (Wildman–Crippen MR) is 85.8 cm³/mol. The summed E-state index contributed by atoms with van der Waals surface area (Å²) in [5, 5.41) is 3.11. The van der Waals surface area contributed by atoms with E-state index in [1.165, 1.54) is 12.1 Å². The lowest BCUT2D eigenvalue weighted by Gasteiger charge is -2.14. The van der Waals surface area contributed by atoms with Crippen molar-refractivity contribution in [2.45, 2.75) is 19.3 Å². The molecule has 3 rings (SSSR count).